The molecule has 1 aliphatic rings. The van der Waals surface area contributed by atoms with Gasteiger partial charge in [0.25, 0.3) is 0 Å². The first-order chi connectivity index (χ1) is 7.38. The molecule has 15 heavy (non-hydrogen) atoms. The van der Waals surface area contributed by atoms with Crippen LogP contribution in [0.5, 0.6) is 0 Å². The average Bonchev–Trinajstić information content (AvgIpc) is 2.30. The van der Waals surface area contributed by atoms with Gasteiger partial charge in [0, 0.05) is 13.5 Å². The lowest BCUT2D eigenvalue weighted by Gasteiger charge is -2.17. The summed E-state index contributed by atoms with van der Waals surface area (Å²) in [6.45, 7) is 2.19. The molecular weight excluding hydrogens is 184 g/mol. The van der Waals surface area contributed by atoms with Gasteiger partial charge in [-0.2, -0.15) is 0 Å². The van der Waals surface area contributed by atoms with Crippen molar-refractivity contribution in [1.82, 2.24) is 0 Å². The van der Waals surface area contributed by atoms with Gasteiger partial charge in [0.1, 0.15) is 6.10 Å². The molecule has 84 valence electrons. The minimum Gasteiger partial charge on any atom is -0.364 e. The first-order valence-electron chi connectivity index (χ1n) is 6.08. The van der Waals surface area contributed by atoms with Crippen molar-refractivity contribution in [1.29, 1.82) is 0 Å². The molecule has 0 heterocycles. The van der Waals surface area contributed by atoms with Crippen LogP contribution in [0.1, 0.15) is 51.9 Å². The zero-order valence-corrected chi connectivity index (χ0v) is 10.0. The van der Waals surface area contributed by atoms with E-state index in [1.807, 2.05) is 0 Å². The van der Waals surface area contributed by atoms with Crippen molar-refractivity contribution in [2.45, 2.75) is 58.0 Å². The first-order valence-corrected chi connectivity index (χ1v) is 6.08. The van der Waals surface area contributed by atoms with E-state index in [1.165, 1.54) is 44.1 Å². The van der Waals surface area contributed by atoms with Crippen molar-refractivity contribution in [3.8, 4) is 11.8 Å². The third-order valence-corrected chi connectivity index (χ3v) is 2.79. The molecule has 0 N–H and O–H groups in total. The molecule has 1 heteroatoms. The second kappa shape index (κ2) is 7.54. The van der Waals surface area contributed by atoms with Gasteiger partial charge in [0.05, 0.1) is 0 Å². The minimum atomic E-state index is 0.0576. The summed E-state index contributed by atoms with van der Waals surface area (Å²) in [5.74, 6) is 6.45. The summed E-state index contributed by atoms with van der Waals surface area (Å²) in [5.41, 5.74) is 1.40. The van der Waals surface area contributed by atoms with E-state index in [4.69, 9.17) is 4.74 Å². The molecule has 0 aromatic carbocycles. The number of unbranched alkanes of at least 4 members (excludes halogenated alkanes) is 2. The van der Waals surface area contributed by atoms with Gasteiger partial charge >= 0.3 is 0 Å². The highest BCUT2D eigenvalue weighted by molar-refractivity contribution is 5.23. The molecule has 1 unspecified atom stereocenters. The van der Waals surface area contributed by atoms with Gasteiger partial charge in [-0.1, -0.05) is 25.3 Å². The Bertz CT molecular complexity index is 254. The summed E-state index contributed by atoms with van der Waals surface area (Å²) < 4.78 is 5.43. The molecule has 0 bridgehead atoms. The number of ether oxygens (including phenoxy) is 1. The van der Waals surface area contributed by atoms with E-state index in [0.29, 0.717) is 0 Å². The molecule has 1 atom stereocenters. The van der Waals surface area contributed by atoms with Crippen molar-refractivity contribution >= 4 is 0 Å². The van der Waals surface area contributed by atoms with E-state index in [9.17, 15) is 0 Å². The zero-order valence-electron chi connectivity index (χ0n) is 10.0. The van der Waals surface area contributed by atoms with Crippen molar-refractivity contribution in [3.05, 3.63) is 11.6 Å². The number of rotatable bonds is 4. The van der Waals surface area contributed by atoms with Crippen LogP contribution in [0.15, 0.2) is 11.6 Å². The molecule has 0 saturated heterocycles. The Morgan fingerprint density at radius 1 is 1.47 bits per heavy atom. The Morgan fingerprint density at radius 2 is 2.33 bits per heavy atom. The third-order valence-electron chi connectivity index (χ3n) is 2.79. The predicted molar refractivity (Wildman–Crippen MR) is 64.6 cm³/mol. The van der Waals surface area contributed by atoms with Crippen LogP contribution in [0.25, 0.3) is 0 Å². The highest BCUT2D eigenvalue weighted by atomic mass is 16.5. The Hall–Kier alpha value is -0.740. The van der Waals surface area contributed by atoms with Crippen LogP contribution in [0.3, 0.4) is 0 Å². The molecule has 1 rings (SSSR count). The molecule has 0 aromatic rings. The van der Waals surface area contributed by atoms with Crippen LogP contribution in [-0.2, 0) is 4.74 Å². The van der Waals surface area contributed by atoms with Crippen LogP contribution in [0, 0.1) is 11.8 Å². The van der Waals surface area contributed by atoms with E-state index >= 15 is 0 Å². The Morgan fingerprint density at radius 3 is 2.93 bits per heavy atom. The number of hydrogen-bond acceptors (Lipinski definition) is 1. The molecule has 0 aliphatic heterocycles. The maximum Gasteiger partial charge on any atom is 0.139 e. The van der Waals surface area contributed by atoms with Gasteiger partial charge in [0.15, 0.2) is 0 Å². The lowest BCUT2D eigenvalue weighted by atomic mass is 9.95. The van der Waals surface area contributed by atoms with Crippen molar-refractivity contribution < 1.29 is 4.74 Å². The second-order valence-electron chi connectivity index (χ2n) is 4.07. The summed E-state index contributed by atoms with van der Waals surface area (Å²) >= 11 is 0. The fourth-order valence-electron chi connectivity index (χ4n) is 1.83. The van der Waals surface area contributed by atoms with Gasteiger partial charge in [-0.15, -0.1) is 5.92 Å². The minimum absolute atomic E-state index is 0.0576. The molecule has 0 fully saturated rings. The third kappa shape index (κ3) is 4.53. The molecular formula is C14H22O. The van der Waals surface area contributed by atoms with Crippen molar-refractivity contribution in [2.24, 2.45) is 0 Å². The van der Waals surface area contributed by atoms with Crippen LogP contribution < -0.4 is 0 Å². The number of methoxy groups -OCH3 is 1. The van der Waals surface area contributed by atoms with Gasteiger partial charge in [0.2, 0.25) is 0 Å². The maximum absolute atomic E-state index is 5.43. The summed E-state index contributed by atoms with van der Waals surface area (Å²) in [7, 11) is 1.76. The van der Waals surface area contributed by atoms with Gasteiger partial charge in [-0.05, 0) is 37.7 Å². The van der Waals surface area contributed by atoms with Crippen LogP contribution in [-0.4, -0.2) is 13.2 Å². The lowest BCUT2D eigenvalue weighted by Crippen LogP contribution is -2.13. The summed E-state index contributed by atoms with van der Waals surface area (Å²) in [5, 5.41) is 0. The normalized spacial score (nSPS) is 17.6. The van der Waals surface area contributed by atoms with E-state index in [0.717, 1.165) is 6.42 Å². The standard InChI is InChI=1S/C14H22O/c1-3-4-5-9-12-14(15-2)13-10-7-6-8-11-13/h10,14H,3-8,11H2,1-2H3. The van der Waals surface area contributed by atoms with Gasteiger partial charge in [-0.25, -0.2) is 0 Å². The molecule has 0 spiro atoms. The topological polar surface area (TPSA) is 9.23 Å². The van der Waals surface area contributed by atoms with Crippen LogP contribution >= 0.6 is 0 Å². The van der Waals surface area contributed by atoms with Gasteiger partial charge in [-0.3, -0.25) is 0 Å². The molecule has 0 aromatic heterocycles. The van der Waals surface area contributed by atoms with E-state index in [-0.39, 0.29) is 6.10 Å². The fraction of sp³-hybridized carbons (Fsp3) is 0.714. The Balaban J connectivity index is 2.45. The van der Waals surface area contributed by atoms with E-state index < -0.39 is 0 Å². The second-order valence-corrected chi connectivity index (χ2v) is 4.07. The Kier molecular flexibility index (Phi) is 6.20. The monoisotopic (exact) mass is 206 g/mol. The summed E-state index contributed by atoms with van der Waals surface area (Å²) in [6.07, 6.45) is 10.8. The maximum atomic E-state index is 5.43. The largest absolute Gasteiger partial charge is 0.364 e. The predicted octanol–water partition coefficient (Wildman–Crippen LogP) is 3.70. The Labute approximate surface area is 93.9 Å². The molecule has 1 nitrogen and oxygen atoms in total. The molecule has 0 radical (unpaired) electrons. The number of hydrogen-bond donors (Lipinski definition) is 0. The molecule has 1 aliphatic carbocycles. The summed E-state index contributed by atoms with van der Waals surface area (Å²) in [6, 6.07) is 0. The number of allylic oxidation sites excluding steroid dienone is 1. The average molecular weight is 206 g/mol. The van der Waals surface area contributed by atoms with Crippen LogP contribution in [0.4, 0.5) is 0 Å². The SMILES string of the molecule is CCCCC#CC(OC)C1=CCCCC1. The zero-order chi connectivity index (χ0) is 10.9. The highest BCUT2D eigenvalue weighted by Crippen LogP contribution is 2.21. The summed E-state index contributed by atoms with van der Waals surface area (Å²) in [4.78, 5) is 0. The highest BCUT2D eigenvalue weighted by Gasteiger charge is 2.12. The van der Waals surface area contributed by atoms with Crippen LogP contribution in [0.2, 0.25) is 0 Å². The molecule has 0 saturated carbocycles. The molecule has 0 amide bonds. The quantitative estimate of drug-likeness (QED) is 0.387. The van der Waals surface area contributed by atoms with Crippen molar-refractivity contribution in [3.63, 3.8) is 0 Å². The van der Waals surface area contributed by atoms with Crippen molar-refractivity contribution in [2.75, 3.05) is 7.11 Å². The lowest BCUT2D eigenvalue weighted by molar-refractivity contribution is 0.171. The van der Waals surface area contributed by atoms with Gasteiger partial charge < -0.3 is 4.74 Å². The fourth-order valence-corrected chi connectivity index (χ4v) is 1.83. The smallest absolute Gasteiger partial charge is 0.139 e. The first kappa shape index (κ1) is 12.3. The van der Waals surface area contributed by atoms with E-state index in [2.05, 4.69) is 24.8 Å². The van der Waals surface area contributed by atoms with E-state index in [1.54, 1.807) is 7.11 Å².